The third-order valence-electron chi connectivity index (χ3n) is 2.71. The van der Waals surface area contributed by atoms with Crippen LogP contribution < -0.4 is 10.5 Å². The molecule has 0 radical (unpaired) electrons. The van der Waals surface area contributed by atoms with Gasteiger partial charge in [-0.15, -0.1) is 0 Å². The van der Waals surface area contributed by atoms with Gasteiger partial charge in [0.05, 0.1) is 19.8 Å². The normalized spacial score (nSPS) is 10.3. The van der Waals surface area contributed by atoms with Crippen molar-refractivity contribution >= 4 is 11.6 Å². The number of benzene rings is 1. The van der Waals surface area contributed by atoms with Gasteiger partial charge in [-0.25, -0.2) is 0 Å². The number of nitrogens with zero attached hydrogens (tertiary/aromatic N) is 1. The zero-order valence-corrected chi connectivity index (χ0v) is 12.0. The molecular weight excluding hydrogens is 260 g/mol. The van der Waals surface area contributed by atoms with Gasteiger partial charge in [0.1, 0.15) is 5.75 Å². The Balaban J connectivity index is 2.91. The highest BCUT2D eigenvalue weighted by Crippen LogP contribution is 2.20. The lowest BCUT2D eigenvalue weighted by Crippen LogP contribution is -2.36. The number of nitrogen functional groups attached to an aromatic ring is 1. The summed E-state index contributed by atoms with van der Waals surface area (Å²) in [6.07, 6.45) is 0. The molecule has 0 aromatic heterocycles. The Morgan fingerprint density at radius 1 is 1.35 bits per heavy atom. The van der Waals surface area contributed by atoms with Crippen LogP contribution in [0.4, 0.5) is 5.69 Å². The molecule has 0 spiro atoms. The van der Waals surface area contributed by atoms with Crippen LogP contribution in [0.3, 0.4) is 0 Å². The van der Waals surface area contributed by atoms with Gasteiger partial charge in [-0.2, -0.15) is 0 Å². The van der Waals surface area contributed by atoms with Crippen molar-refractivity contribution in [1.82, 2.24) is 4.90 Å². The van der Waals surface area contributed by atoms with E-state index in [1.54, 1.807) is 25.3 Å². The number of methoxy groups -OCH3 is 1. The summed E-state index contributed by atoms with van der Waals surface area (Å²) < 4.78 is 10.3. The van der Waals surface area contributed by atoms with Crippen LogP contribution in [0.5, 0.6) is 5.75 Å². The molecule has 0 aliphatic rings. The van der Waals surface area contributed by atoms with E-state index in [4.69, 9.17) is 20.3 Å². The number of ether oxygens (including phenoxy) is 2. The standard InChI is InChI=1S/C14H22N2O4/c1-3-20-13-9-11(8-12(15)10-13)14(18)16(4-6-17)5-7-19-2/h8-10,17H,3-7,15H2,1-2H3. The number of carbonyl (C=O) groups is 1. The zero-order chi connectivity index (χ0) is 15.0. The molecule has 20 heavy (non-hydrogen) atoms. The number of aliphatic hydroxyl groups excluding tert-OH is 1. The maximum absolute atomic E-state index is 12.4. The van der Waals surface area contributed by atoms with Gasteiger partial charge >= 0.3 is 0 Å². The fraction of sp³-hybridized carbons (Fsp3) is 0.500. The summed E-state index contributed by atoms with van der Waals surface area (Å²) in [7, 11) is 1.56. The van der Waals surface area contributed by atoms with Crippen molar-refractivity contribution in [3.8, 4) is 5.75 Å². The SMILES string of the molecule is CCOc1cc(N)cc(C(=O)N(CCO)CCOC)c1. The fourth-order valence-corrected chi connectivity index (χ4v) is 1.82. The topological polar surface area (TPSA) is 85.0 Å². The number of anilines is 1. The summed E-state index contributed by atoms with van der Waals surface area (Å²) in [6, 6.07) is 4.92. The first-order valence-electron chi connectivity index (χ1n) is 6.54. The van der Waals surface area contributed by atoms with Crippen LogP contribution in [-0.4, -0.2) is 55.9 Å². The molecule has 0 heterocycles. The number of rotatable bonds is 8. The van der Waals surface area contributed by atoms with Crippen LogP contribution >= 0.6 is 0 Å². The third-order valence-corrected chi connectivity index (χ3v) is 2.71. The summed E-state index contributed by atoms with van der Waals surface area (Å²) in [5, 5.41) is 9.04. The van der Waals surface area contributed by atoms with Gasteiger partial charge in [0, 0.05) is 37.5 Å². The molecule has 0 fully saturated rings. The monoisotopic (exact) mass is 282 g/mol. The van der Waals surface area contributed by atoms with Gasteiger partial charge in [0.2, 0.25) is 0 Å². The fourth-order valence-electron chi connectivity index (χ4n) is 1.82. The van der Waals surface area contributed by atoms with Crippen molar-refractivity contribution in [2.45, 2.75) is 6.92 Å². The molecule has 0 saturated carbocycles. The molecule has 3 N–H and O–H groups in total. The highest BCUT2D eigenvalue weighted by Gasteiger charge is 2.16. The van der Waals surface area contributed by atoms with E-state index < -0.39 is 0 Å². The molecule has 0 saturated heterocycles. The minimum absolute atomic E-state index is 0.101. The summed E-state index contributed by atoms with van der Waals surface area (Å²) in [5.74, 6) is 0.357. The first-order valence-corrected chi connectivity index (χ1v) is 6.54. The molecule has 1 aromatic carbocycles. The molecule has 0 aliphatic carbocycles. The largest absolute Gasteiger partial charge is 0.494 e. The van der Waals surface area contributed by atoms with E-state index in [0.717, 1.165) is 0 Å². The predicted molar refractivity (Wildman–Crippen MR) is 76.9 cm³/mol. The molecule has 112 valence electrons. The van der Waals surface area contributed by atoms with Crippen LogP contribution in [0.2, 0.25) is 0 Å². The van der Waals surface area contributed by atoms with Crippen molar-refractivity contribution in [2.24, 2.45) is 0 Å². The van der Waals surface area contributed by atoms with Crippen LogP contribution in [0.15, 0.2) is 18.2 Å². The summed E-state index contributed by atoms with van der Waals surface area (Å²) in [6.45, 7) is 3.33. The minimum Gasteiger partial charge on any atom is -0.494 e. The molecule has 1 aromatic rings. The molecule has 0 atom stereocenters. The number of carbonyl (C=O) groups excluding carboxylic acids is 1. The van der Waals surface area contributed by atoms with Gasteiger partial charge in [0.25, 0.3) is 5.91 Å². The smallest absolute Gasteiger partial charge is 0.254 e. The van der Waals surface area contributed by atoms with Crippen LogP contribution in [-0.2, 0) is 4.74 Å². The third kappa shape index (κ3) is 4.71. The molecular formula is C14H22N2O4. The van der Waals surface area contributed by atoms with E-state index >= 15 is 0 Å². The Morgan fingerprint density at radius 3 is 2.70 bits per heavy atom. The number of hydrogen-bond donors (Lipinski definition) is 2. The maximum Gasteiger partial charge on any atom is 0.254 e. The Labute approximate surface area is 119 Å². The van der Waals surface area contributed by atoms with Gasteiger partial charge in [-0.05, 0) is 19.1 Å². The molecule has 1 rings (SSSR count). The average molecular weight is 282 g/mol. The predicted octanol–water partition coefficient (Wildman–Crippen LogP) is 0.748. The Hall–Kier alpha value is -1.79. The van der Waals surface area contributed by atoms with E-state index in [1.807, 2.05) is 6.92 Å². The van der Waals surface area contributed by atoms with E-state index in [2.05, 4.69) is 0 Å². The van der Waals surface area contributed by atoms with Gasteiger partial charge < -0.3 is 25.2 Å². The van der Waals surface area contributed by atoms with E-state index in [0.29, 0.717) is 36.8 Å². The van der Waals surface area contributed by atoms with Gasteiger partial charge in [-0.1, -0.05) is 0 Å². The maximum atomic E-state index is 12.4. The Kier molecular flexibility index (Phi) is 6.83. The van der Waals surface area contributed by atoms with Crippen LogP contribution in [0.1, 0.15) is 17.3 Å². The Bertz CT molecular complexity index is 437. The van der Waals surface area contributed by atoms with Crippen molar-refractivity contribution in [3.63, 3.8) is 0 Å². The molecule has 1 amide bonds. The van der Waals surface area contributed by atoms with Crippen molar-refractivity contribution in [1.29, 1.82) is 0 Å². The molecule has 6 nitrogen and oxygen atoms in total. The van der Waals surface area contributed by atoms with Crippen molar-refractivity contribution in [2.75, 3.05) is 45.8 Å². The van der Waals surface area contributed by atoms with Gasteiger partial charge in [0.15, 0.2) is 0 Å². The number of aliphatic hydroxyl groups is 1. The lowest BCUT2D eigenvalue weighted by Gasteiger charge is -2.22. The second-order valence-electron chi connectivity index (χ2n) is 4.23. The Morgan fingerprint density at radius 2 is 2.10 bits per heavy atom. The van der Waals surface area contributed by atoms with E-state index in [-0.39, 0.29) is 19.1 Å². The molecule has 0 aliphatic heterocycles. The number of nitrogens with two attached hydrogens (primary N) is 1. The van der Waals surface area contributed by atoms with Crippen LogP contribution in [0, 0.1) is 0 Å². The second-order valence-corrected chi connectivity index (χ2v) is 4.23. The van der Waals surface area contributed by atoms with E-state index in [9.17, 15) is 4.79 Å². The van der Waals surface area contributed by atoms with E-state index in [1.165, 1.54) is 4.90 Å². The first-order chi connectivity index (χ1) is 9.62. The highest BCUT2D eigenvalue weighted by atomic mass is 16.5. The van der Waals surface area contributed by atoms with Crippen molar-refractivity contribution in [3.05, 3.63) is 23.8 Å². The lowest BCUT2D eigenvalue weighted by molar-refractivity contribution is 0.0656. The first kappa shape index (κ1) is 16.3. The second kappa shape index (κ2) is 8.39. The quantitative estimate of drug-likeness (QED) is 0.687. The lowest BCUT2D eigenvalue weighted by atomic mass is 10.1. The number of amides is 1. The van der Waals surface area contributed by atoms with Gasteiger partial charge in [-0.3, -0.25) is 4.79 Å². The van der Waals surface area contributed by atoms with Crippen molar-refractivity contribution < 1.29 is 19.4 Å². The highest BCUT2D eigenvalue weighted by molar-refractivity contribution is 5.95. The summed E-state index contributed by atoms with van der Waals surface area (Å²) in [4.78, 5) is 13.9. The average Bonchev–Trinajstić information content (AvgIpc) is 2.42. The van der Waals surface area contributed by atoms with Crippen LogP contribution in [0.25, 0.3) is 0 Å². The molecule has 6 heteroatoms. The number of hydrogen-bond acceptors (Lipinski definition) is 5. The summed E-state index contributed by atoms with van der Waals surface area (Å²) in [5.41, 5.74) is 6.69. The molecule has 0 unspecified atom stereocenters. The molecule has 0 bridgehead atoms. The minimum atomic E-state index is -0.204. The zero-order valence-electron chi connectivity index (χ0n) is 12.0. The summed E-state index contributed by atoms with van der Waals surface area (Å²) >= 11 is 0.